The topological polar surface area (TPSA) is 55.1 Å². The Morgan fingerprint density at radius 1 is 1.11 bits per heavy atom. The highest BCUT2D eigenvalue weighted by Crippen LogP contribution is 2.23. The van der Waals surface area contributed by atoms with Crippen molar-refractivity contribution in [1.29, 1.82) is 0 Å². The number of anilines is 2. The lowest BCUT2D eigenvalue weighted by Crippen LogP contribution is -2.13. The first kappa shape index (κ1) is 13.4. The molecule has 2 aromatic rings. The summed E-state index contributed by atoms with van der Waals surface area (Å²) in [5.74, 6) is -0.197. The van der Waals surface area contributed by atoms with Gasteiger partial charge in [0, 0.05) is 10.6 Å². The number of nitrogen functional groups attached to an aromatic ring is 1. The minimum Gasteiger partial charge on any atom is -0.397 e. The van der Waals surface area contributed by atoms with E-state index in [1.165, 1.54) is 0 Å². The Morgan fingerprint density at radius 2 is 1.84 bits per heavy atom. The van der Waals surface area contributed by atoms with Gasteiger partial charge in [-0.25, -0.2) is 0 Å². The molecule has 1 amide bonds. The Morgan fingerprint density at radius 3 is 2.53 bits per heavy atom. The molecule has 3 N–H and O–H groups in total. The molecule has 0 aliphatic heterocycles. The summed E-state index contributed by atoms with van der Waals surface area (Å²) in [6.45, 7) is 3.98. The smallest absolute Gasteiger partial charge is 0.255 e. The third-order valence-corrected chi connectivity index (χ3v) is 3.27. The number of benzene rings is 2. The van der Waals surface area contributed by atoms with Crippen molar-refractivity contribution in [3.63, 3.8) is 0 Å². The number of halogens is 1. The van der Waals surface area contributed by atoms with Crippen molar-refractivity contribution in [2.24, 2.45) is 0 Å². The summed E-state index contributed by atoms with van der Waals surface area (Å²) in [6.07, 6.45) is 0. The third-order valence-electron chi connectivity index (χ3n) is 3.03. The lowest BCUT2D eigenvalue weighted by atomic mass is 10.1. The fourth-order valence-electron chi connectivity index (χ4n) is 1.71. The minimum atomic E-state index is -0.197. The van der Waals surface area contributed by atoms with Crippen LogP contribution in [0.15, 0.2) is 36.4 Å². The van der Waals surface area contributed by atoms with E-state index in [0.29, 0.717) is 22.0 Å². The maximum Gasteiger partial charge on any atom is 0.255 e. The van der Waals surface area contributed by atoms with Crippen molar-refractivity contribution < 1.29 is 4.79 Å². The minimum absolute atomic E-state index is 0.197. The zero-order chi connectivity index (χ0) is 14.0. The molecule has 3 nitrogen and oxygen atoms in total. The number of amides is 1. The van der Waals surface area contributed by atoms with E-state index >= 15 is 0 Å². The molecule has 0 heterocycles. The fourth-order valence-corrected chi connectivity index (χ4v) is 1.89. The van der Waals surface area contributed by atoms with Crippen LogP contribution in [0.3, 0.4) is 0 Å². The Balaban J connectivity index is 2.25. The van der Waals surface area contributed by atoms with Crippen molar-refractivity contribution in [1.82, 2.24) is 0 Å². The molecule has 4 heteroatoms. The summed E-state index contributed by atoms with van der Waals surface area (Å²) in [4.78, 5) is 12.1. The molecule has 2 aromatic carbocycles. The second-order valence-corrected chi connectivity index (χ2v) is 4.92. The highest BCUT2D eigenvalue weighted by atomic mass is 35.5. The van der Waals surface area contributed by atoms with Crippen molar-refractivity contribution in [3.05, 3.63) is 58.1 Å². The van der Waals surface area contributed by atoms with Gasteiger partial charge in [0.15, 0.2) is 0 Å². The summed E-state index contributed by atoms with van der Waals surface area (Å²) < 4.78 is 0. The van der Waals surface area contributed by atoms with Crippen molar-refractivity contribution in [2.45, 2.75) is 13.8 Å². The monoisotopic (exact) mass is 274 g/mol. The lowest BCUT2D eigenvalue weighted by molar-refractivity contribution is 0.102. The second kappa shape index (κ2) is 5.33. The maximum atomic E-state index is 12.1. The average Bonchev–Trinajstić information content (AvgIpc) is 2.37. The first-order valence-electron chi connectivity index (χ1n) is 5.91. The third kappa shape index (κ3) is 3.06. The van der Waals surface area contributed by atoms with Crippen LogP contribution in [0.5, 0.6) is 0 Å². The summed E-state index contributed by atoms with van der Waals surface area (Å²) in [7, 11) is 0. The molecule has 19 heavy (non-hydrogen) atoms. The Hall–Kier alpha value is -2.00. The van der Waals surface area contributed by atoms with Gasteiger partial charge in [-0.05, 0) is 55.3 Å². The molecule has 0 radical (unpaired) electrons. The summed E-state index contributed by atoms with van der Waals surface area (Å²) in [5, 5.41) is 3.30. The molecule has 0 aromatic heterocycles. The van der Waals surface area contributed by atoms with Gasteiger partial charge in [-0.15, -0.1) is 0 Å². The van der Waals surface area contributed by atoms with E-state index < -0.39 is 0 Å². The lowest BCUT2D eigenvalue weighted by Gasteiger charge is -2.09. The van der Waals surface area contributed by atoms with Gasteiger partial charge in [0.2, 0.25) is 0 Å². The van der Waals surface area contributed by atoms with Crippen LogP contribution in [0, 0.1) is 13.8 Å². The van der Waals surface area contributed by atoms with Crippen molar-refractivity contribution in [2.75, 3.05) is 11.1 Å². The molecule has 0 saturated carbocycles. The van der Waals surface area contributed by atoms with Gasteiger partial charge in [-0.1, -0.05) is 17.7 Å². The summed E-state index contributed by atoms with van der Waals surface area (Å²) in [5.41, 5.74) is 9.63. The zero-order valence-electron chi connectivity index (χ0n) is 10.8. The quantitative estimate of drug-likeness (QED) is 0.819. The van der Waals surface area contributed by atoms with Crippen molar-refractivity contribution >= 4 is 28.9 Å². The molecule has 0 fully saturated rings. The van der Waals surface area contributed by atoms with Gasteiger partial charge in [-0.2, -0.15) is 0 Å². The Bertz CT molecular complexity index is 638. The molecular weight excluding hydrogens is 260 g/mol. The van der Waals surface area contributed by atoms with Gasteiger partial charge in [0.25, 0.3) is 5.91 Å². The first-order chi connectivity index (χ1) is 8.97. The molecule has 0 aliphatic rings. The number of nitrogens with one attached hydrogen (secondary N) is 1. The highest BCUT2D eigenvalue weighted by Gasteiger charge is 2.09. The number of rotatable bonds is 2. The molecule has 0 aliphatic carbocycles. The van der Waals surface area contributed by atoms with Crippen molar-refractivity contribution in [3.8, 4) is 0 Å². The fraction of sp³-hybridized carbons (Fsp3) is 0.133. The summed E-state index contributed by atoms with van der Waals surface area (Å²) >= 11 is 5.89. The van der Waals surface area contributed by atoms with E-state index in [0.717, 1.165) is 11.1 Å². The van der Waals surface area contributed by atoms with Gasteiger partial charge < -0.3 is 11.1 Å². The summed E-state index contributed by atoms with van der Waals surface area (Å²) in [6, 6.07) is 10.5. The normalized spacial score (nSPS) is 10.3. The van der Waals surface area contributed by atoms with Crippen LogP contribution in [0.1, 0.15) is 21.5 Å². The van der Waals surface area contributed by atoms with Gasteiger partial charge >= 0.3 is 0 Å². The number of aryl methyl sites for hydroxylation is 2. The number of hydrogen-bond donors (Lipinski definition) is 2. The van der Waals surface area contributed by atoms with Crippen LogP contribution in [-0.4, -0.2) is 5.91 Å². The molecule has 0 bridgehead atoms. The maximum absolute atomic E-state index is 12.1. The van der Waals surface area contributed by atoms with Gasteiger partial charge in [0.1, 0.15) is 0 Å². The largest absolute Gasteiger partial charge is 0.397 e. The van der Waals surface area contributed by atoms with Gasteiger partial charge in [0.05, 0.1) is 11.4 Å². The van der Waals surface area contributed by atoms with Crippen LogP contribution < -0.4 is 11.1 Å². The molecule has 0 atom stereocenters. The molecule has 0 saturated heterocycles. The SMILES string of the molecule is Cc1ccc(C(=O)Nc2cc(Cl)ccc2N)cc1C. The first-order valence-corrected chi connectivity index (χ1v) is 6.29. The van der Waals surface area contributed by atoms with Crippen LogP contribution >= 0.6 is 11.6 Å². The van der Waals surface area contributed by atoms with Crippen LogP contribution in [0.25, 0.3) is 0 Å². The van der Waals surface area contributed by atoms with E-state index in [-0.39, 0.29) is 5.91 Å². The molecular formula is C15H15ClN2O. The van der Waals surface area contributed by atoms with E-state index in [9.17, 15) is 4.79 Å². The molecule has 0 spiro atoms. The number of carbonyl (C=O) groups excluding carboxylic acids is 1. The van der Waals surface area contributed by atoms with Crippen LogP contribution in [-0.2, 0) is 0 Å². The number of hydrogen-bond acceptors (Lipinski definition) is 2. The zero-order valence-corrected chi connectivity index (χ0v) is 11.6. The Labute approximate surface area is 117 Å². The standard InChI is InChI=1S/C15H15ClN2O/c1-9-3-4-11(7-10(9)2)15(19)18-14-8-12(16)5-6-13(14)17/h3-8H,17H2,1-2H3,(H,18,19). The van der Waals surface area contributed by atoms with E-state index in [4.69, 9.17) is 17.3 Å². The predicted molar refractivity (Wildman–Crippen MR) is 79.7 cm³/mol. The second-order valence-electron chi connectivity index (χ2n) is 4.48. The van der Waals surface area contributed by atoms with Crippen LogP contribution in [0.4, 0.5) is 11.4 Å². The number of nitrogens with two attached hydrogens (primary N) is 1. The molecule has 98 valence electrons. The molecule has 2 rings (SSSR count). The Kier molecular flexibility index (Phi) is 3.76. The number of carbonyl (C=O) groups is 1. The highest BCUT2D eigenvalue weighted by molar-refractivity contribution is 6.31. The van der Waals surface area contributed by atoms with Gasteiger partial charge in [-0.3, -0.25) is 4.79 Å². The van der Waals surface area contributed by atoms with E-state index in [1.54, 1.807) is 24.3 Å². The van der Waals surface area contributed by atoms with E-state index in [1.807, 2.05) is 26.0 Å². The van der Waals surface area contributed by atoms with Crippen LogP contribution in [0.2, 0.25) is 5.02 Å². The molecule has 0 unspecified atom stereocenters. The predicted octanol–water partition coefficient (Wildman–Crippen LogP) is 3.79. The average molecular weight is 275 g/mol. The van der Waals surface area contributed by atoms with E-state index in [2.05, 4.69) is 5.32 Å².